The van der Waals surface area contributed by atoms with Gasteiger partial charge in [-0.25, -0.2) is 4.39 Å². The van der Waals surface area contributed by atoms with E-state index in [1.54, 1.807) is 13.2 Å². The summed E-state index contributed by atoms with van der Waals surface area (Å²) in [4.78, 5) is 0. The van der Waals surface area contributed by atoms with E-state index in [0.29, 0.717) is 18.2 Å². The standard InChI is InChI=1S/C16H17ClFNO/c1-20-9-8-12-4-2-3-5-16(12)19-11-13-6-7-14(18)10-15(13)17/h2-7,10,19H,8-9,11H2,1H3. The molecule has 0 unspecified atom stereocenters. The van der Waals surface area contributed by atoms with Crippen molar-refractivity contribution < 1.29 is 9.13 Å². The molecular weight excluding hydrogens is 277 g/mol. The lowest BCUT2D eigenvalue weighted by Gasteiger charge is -2.12. The molecule has 0 saturated carbocycles. The summed E-state index contributed by atoms with van der Waals surface area (Å²) in [5.41, 5.74) is 3.10. The van der Waals surface area contributed by atoms with Crippen LogP contribution in [0.2, 0.25) is 5.02 Å². The van der Waals surface area contributed by atoms with Crippen LogP contribution in [0.3, 0.4) is 0 Å². The summed E-state index contributed by atoms with van der Waals surface area (Å²) in [6.07, 6.45) is 0.844. The molecule has 0 bridgehead atoms. The molecule has 2 aromatic rings. The lowest BCUT2D eigenvalue weighted by Crippen LogP contribution is -2.04. The number of anilines is 1. The minimum Gasteiger partial charge on any atom is -0.384 e. The number of nitrogens with one attached hydrogen (secondary N) is 1. The molecule has 2 aromatic carbocycles. The van der Waals surface area contributed by atoms with Crippen molar-refractivity contribution in [1.29, 1.82) is 0 Å². The number of halogens is 2. The summed E-state index contributed by atoms with van der Waals surface area (Å²) < 4.78 is 18.1. The van der Waals surface area contributed by atoms with Crippen molar-refractivity contribution in [1.82, 2.24) is 0 Å². The zero-order valence-electron chi connectivity index (χ0n) is 11.3. The van der Waals surface area contributed by atoms with Gasteiger partial charge in [0.25, 0.3) is 0 Å². The van der Waals surface area contributed by atoms with Gasteiger partial charge in [0.05, 0.1) is 6.61 Å². The first kappa shape index (κ1) is 14.8. The maximum atomic E-state index is 13.0. The highest BCUT2D eigenvalue weighted by Crippen LogP contribution is 2.21. The second kappa shape index (κ2) is 7.27. The molecule has 0 atom stereocenters. The minimum absolute atomic E-state index is 0.320. The average molecular weight is 294 g/mol. The van der Waals surface area contributed by atoms with Crippen molar-refractivity contribution in [3.8, 4) is 0 Å². The first-order valence-corrected chi connectivity index (χ1v) is 6.83. The van der Waals surface area contributed by atoms with Gasteiger partial charge in [-0.2, -0.15) is 0 Å². The summed E-state index contributed by atoms with van der Waals surface area (Å²) in [5, 5.41) is 3.77. The Kier molecular flexibility index (Phi) is 5.39. The van der Waals surface area contributed by atoms with E-state index in [-0.39, 0.29) is 5.82 Å². The summed E-state index contributed by atoms with van der Waals surface area (Å²) in [7, 11) is 1.69. The summed E-state index contributed by atoms with van der Waals surface area (Å²) in [5.74, 6) is -0.320. The molecule has 0 aliphatic heterocycles. The van der Waals surface area contributed by atoms with Crippen LogP contribution in [-0.2, 0) is 17.7 Å². The molecule has 0 heterocycles. The number of hydrogen-bond donors (Lipinski definition) is 1. The topological polar surface area (TPSA) is 21.3 Å². The van der Waals surface area contributed by atoms with Crippen molar-refractivity contribution in [2.75, 3.05) is 19.0 Å². The van der Waals surface area contributed by atoms with Gasteiger partial charge in [0.15, 0.2) is 0 Å². The second-order valence-electron chi connectivity index (χ2n) is 4.49. The molecule has 1 N–H and O–H groups in total. The number of rotatable bonds is 6. The molecule has 2 rings (SSSR count). The van der Waals surface area contributed by atoms with E-state index in [1.807, 2.05) is 18.2 Å². The fraction of sp³-hybridized carbons (Fsp3) is 0.250. The van der Waals surface area contributed by atoms with Crippen LogP contribution in [0.5, 0.6) is 0 Å². The Bertz CT molecular complexity index is 574. The molecule has 0 fully saturated rings. The fourth-order valence-electron chi connectivity index (χ4n) is 1.98. The van der Waals surface area contributed by atoms with E-state index in [0.717, 1.165) is 17.7 Å². The highest BCUT2D eigenvalue weighted by molar-refractivity contribution is 6.31. The van der Waals surface area contributed by atoms with Crippen LogP contribution in [0.25, 0.3) is 0 Å². The SMILES string of the molecule is COCCc1ccccc1NCc1ccc(F)cc1Cl. The van der Waals surface area contributed by atoms with E-state index >= 15 is 0 Å². The Balaban J connectivity index is 2.06. The first-order chi connectivity index (χ1) is 9.70. The van der Waals surface area contributed by atoms with Gasteiger partial charge >= 0.3 is 0 Å². The minimum atomic E-state index is -0.320. The van der Waals surface area contributed by atoms with E-state index in [9.17, 15) is 4.39 Å². The quantitative estimate of drug-likeness (QED) is 0.858. The molecule has 0 saturated heterocycles. The number of benzene rings is 2. The van der Waals surface area contributed by atoms with Crippen LogP contribution in [0.4, 0.5) is 10.1 Å². The van der Waals surface area contributed by atoms with Gasteiger partial charge in [-0.05, 0) is 35.7 Å². The maximum absolute atomic E-state index is 13.0. The van der Waals surface area contributed by atoms with Crippen LogP contribution in [0.1, 0.15) is 11.1 Å². The van der Waals surface area contributed by atoms with Gasteiger partial charge < -0.3 is 10.1 Å². The molecular formula is C16H17ClFNO. The number of methoxy groups -OCH3 is 1. The Labute approximate surface area is 123 Å². The number of para-hydroxylation sites is 1. The van der Waals surface area contributed by atoms with E-state index in [1.165, 1.54) is 17.7 Å². The van der Waals surface area contributed by atoms with Crippen LogP contribution in [0, 0.1) is 5.82 Å². The third-order valence-electron chi connectivity index (χ3n) is 3.08. The van der Waals surface area contributed by atoms with Crippen molar-refractivity contribution in [3.05, 3.63) is 64.4 Å². The van der Waals surface area contributed by atoms with Crippen LogP contribution >= 0.6 is 11.6 Å². The molecule has 0 spiro atoms. The molecule has 20 heavy (non-hydrogen) atoms. The normalized spacial score (nSPS) is 10.6. The van der Waals surface area contributed by atoms with E-state index in [4.69, 9.17) is 16.3 Å². The zero-order chi connectivity index (χ0) is 14.4. The predicted octanol–water partition coefficient (Wildman–Crippen LogP) is 4.28. The molecule has 0 radical (unpaired) electrons. The largest absolute Gasteiger partial charge is 0.384 e. The molecule has 0 aromatic heterocycles. The Morgan fingerprint density at radius 3 is 2.70 bits per heavy atom. The lowest BCUT2D eigenvalue weighted by molar-refractivity contribution is 0.202. The van der Waals surface area contributed by atoms with E-state index in [2.05, 4.69) is 11.4 Å². The molecule has 0 aliphatic carbocycles. The van der Waals surface area contributed by atoms with Crippen LogP contribution < -0.4 is 5.32 Å². The van der Waals surface area contributed by atoms with Crippen molar-refractivity contribution in [2.45, 2.75) is 13.0 Å². The highest BCUT2D eigenvalue weighted by atomic mass is 35.5. The zero-order valence-corrected chi connectivity index (χ0v) is 12.1. The summed E-state index contributed by atoms with van der Waals surface area (Å²) >= 11 is 6.02. The van der Waals surface area contributed by atoms with Gasteiger partial charge in [0.1, 0.15) is 5.82 Å². The Hall–Kier alpha value is -1.58. The second-order valence-corrected chi connectivity index (χ2v) is 4.90. The van der Waals surface area contributed by atoms with Crippen molar-refractivity contribution in [3.63, 3.8) is 0 Å². The predicted molar refractivity (Wildman–Crippen MR) is 80.8 cm³/mol. The molecule has 2 nitrogen and oxygen atoms in total. The van der Waals surface area contributed by atoms with Gasteiger partial charge in [-0.1, -0.05) is 35.9 Å². The van der Waals surface area contributed by atoms with Gasteiger partial charge in [0, 0.05) is 24.4 Å². The lowest BCUT2D eigenvalue weighted by atomic mass is 10.1. The fourth-order valence-corrected chi connectivity index (χ4v) is 2.21. The first-order valence-electron chi connectivity index (χ1n) is 6.45. The third-order valence-corrected chi connectivity index (χ3v) is 3.43. The number of hydrogen-bond acceptors (Lipinski definition) is 2. The molecule has 0 amide bonds. The smallest absolute Gasteiger partial charge is 0.124 e. The van der Waals surface area contributed by atoms with Crippen LogP contribution in [0.15, 0.2) is 42.5 Å². The third kappa shape index (κ3) is 3.95. The Morgan fingerprint density at radius 1 is 1.15 bits per heavy atom. The molecule has 106 valence electrons. The van der Waals surface area contributed by atoms with E-state index < -0.39 is 0 Å². The average Bonchev–Trinajstić information content (AvgIpc) is 2.45. The maximum Gasteiger partial charge on any atom is 0.124 e. The Morgan fingerprint density at radius 2 is 1.95 bits per heavy atom. The number of ether oxygens (including phenoxy) is 1. The van der Waals surface area contributed by atoms with Crippen molar-refractivity contribution >= 4 is 17.3 Å². The van der Waals surface area contributed by atoms with Crippen LogP contribution in [-0.4, -0.2) is 13.7 Å². The highest BCUT2D eigenvalue weighted by Gasteiger charge is 2.04. The summed E-state index contributed by atoms with van der Waals surface area (Å²) in [6, 6.07) is 12.5. The van der Waals surface area contributed by atoms with Crippen molar-refractivity contribution in [2.24, 2.45) is 0 Å². The van der Waals surface area contributed by atoms with Gasteiger partial charge in [0.2, 0.25) is 0 Å². The molecule has 4 heteroatoms. The molecule has 0 aliphatic rings. The summed E-state index contributed by atoms with van der Waals surface area (Å²) in [6.45, 7) is 1.24. The van der Waals surface area contributed by atoms with Gasteiger partial charge in [-0.15, -0.1) is 0 Å². The van der Waals surface area contributed by atoms with Gasteiger partial charge in [-0.3, -0.25) is 0 Å². The monoisotopic (exact) mass is 293 g/mol.